The van der Waals surface area contributed by atoms with Crippen LogP contribution in [0.5, 0.6) is 5.75 Å². The minimum absolute atomic E-state index is 0.00920. The summed E-state index contributed by atoms with van der Waals surface area (Å²) < 4.78 is 34.8. The minimum atomic E-state index is -4.26. The Morgan fingerprint density at radius 3 is 2.24 bits per heavy atom. The van der Waals surface area contributed by atoms with E-state index in [2.05, 4.69) is 5.32 Å². The molecule has 0 aliphatic heterocycles. The molecule has 10 heteroatoms. The largest absolute Gasteiger partial charge is 0.495 e. The van der Waals surface area contributed by atoms with Gasteiger partial charge in [-0.15, -0.1) is 0 Å². The lowest BCUT2D eigenvalue weighted by atomic mass is 10.1. The van der Waals surface area contributed by atoms with Crippen LogP contribution < -0.4 is 14.4 Å². The second-order valence-electron chi connectivity index (χ2n) is 10.3. The van der Waals surface area contributed by atoms with Crippen LogP contribution >= 0.6 is 11.6 Å². The summed E-state index contributed by atoms with van der Waals surface area (Å²) in [5.74, 6) is -0.598. The van der Waals surface area contributed by atoms with Gasteiger partial charge in [-0.25, -0.2) is 8.42 Å². The molecule has 3 rings (SSSR count). The molecule has 0 aliphatic rings. The van der Waals surface area contributed by atoms with Gasteiger partial charge in [0.2, 0.25) is 11.8 Å². The lowest BCUT2D eigenvalue weighted by Gasteiger charge is -2.34. The number of aryl methyl sites for hydroxylation is 2. The molecule has 0 bridgehead atoms. The number of ether oxygens (including phenoxy) is 1. The summed E-state index contributed by atoms with van der Waals surface area (Å²) in [5.41, 5.74) is 2.81. The van der Waals surface area contributed by atoms with Gasteiger partial charge < -0.3 is 15.0 Å². The van der Waals surface area contributed by atoms with Crippen molar-refractivity contribution in [2.24, 2.45) is 0 Å². The number of anilines is 1. The summed E-state index contributed by atoms with van der Waals surface area (Å²) in [5, 5.41) is 3.26. The van der Waals surface area contributed by atoms with Crippen molar-refractivity contribution in [1.82, 2.24) is 10.2 Å². The summed E-state index contributed by atoms with van der Waals surface area (Å²) in [6.07, 6.45) is 1.07. The van der Waals surface area contributed by atoms with Crippen molar-refractivity contribution in [2.45, 2.75) is 71.0 Å². The van der Waals surface area contributed by atoms with Gasteiger partial charge in [-0.2, -0.15) is 0 Å². The van der Waals surface area contributed by atoms with E-state index in [4.69, 9.17) is 16.3 Å². The van der Waals surface area contributed by atoms with Crippen molar-refractivity contribution in [3.05, 3.63) is 88.4 Å². The van der Waals surface area contributed by atoms with E-state index in [0.29, 0.717) is 6.42 Å². The number of carbonyl (C=O) groups is 2. The van der Waals surface area contributed by atoms with Crippen molar-refractivity contribution in [2.75, 3.05) is 18.0 Å². The van der Waals surface area contributed by atoms with Gasteiger partial charge in [0, 0.05) is 17.6 Å². The predicted octanol–water partition coefficient (Wildman–Crippen LogP) is 5.88. The fraction of sp³-hybridized carbons (Fsp3) is 0.375. The molecule has 0 fully saturated rings. The standard InChI is InChI=1S/C32H40ClN3O5S/c1-7-24(5)34-32(38)28(8-2)35(20-25-12-10-9-11-23(25)4)31(37)21-36(29-19-26(33)15-18-30(29)41-6)42(39,40)27-16-13-22(3)14-17-27/h9-19,24,28H,7-8,20-21H2,1-6H3,(H,34,38)/t24-,28+/m1/s1. The molecular formula is C32H40ClN3O5S. The third kappa shape index (κ3) is 7.83. The monoisotopic (exact) mass is 613 g/mol. The lowest BCUT2D eigenvalue weighted by molar-refractivity contribution is -0.140. The Balaban J connectivity index is 2.14. The topological polar surface area (TPSA) is 96.0 Å². The van der Waals surface area contributed by atoms with E-state index in [1.54, 1.807) is 24.3 Å². The van der Waals surface area contributed by atoms with Gasteiger partial charge in [0.25, 0.3) is 10.0 Å². The highest BCUT2D eigenvalue weighted by atomic mass is 35.5. The molecule has 0 unspecified atom stereocenters. The zero-order chi connectivity index (χ0) is 31.0. The van der Waals surface area contributed by atoms with Gasteiger partial charge in [-0.1, -0.05) is 67.4 Å². The first-order chi connectivity index (χ1) is 19.9. The molecule has 0 aromatic heterocycles. The van der Waals surface area contributed by atoms with Gasteiger partial charge in [0.05, 0.1) is 17.7 Å². The Hall–Kier alpha value is -3.56. The van der Waals surface area contributed by atoms with Crippen LogP contribution in [0.3, 0.4) is 0 Å². The van der Waals surface area contributed by atoms with Crippen LogP contribution in [0.4, 0.5) is 5.69 Å². The Bertz CT molecular complexity index is 1490. The highest BCUT2D eigenvalue weighted by Crippen LogP contribution is 2.35. The van der Waals surface area contributed by atoms with E-state index in [-0.39, 0.29) is 39.8 Å². The Morgan fingerprint density at radius 1 is 0.976 bits per heavy atom. The van der Waals surface area contributed by atoms with Crippen LogP contribution in [0.2, 0.25) is 5.02 Å². The number of nitrogens with one attached hydrogen (secondary N) is 1. The van der Waals surface area contributed by atoms with Gasteiger partial charge in [0.1, 0.15) is 18.3 Å². The molecule has 2 atom stereocenters. The van der Waals surface area contributed by atoms with Crippen LogP contribution in [-0.2, 0) is 26.2 Å². The Labute approximate surface area is 254 Å². The fourth-order valence-electron chi connectivity index (χ4n) is 4.54. The minimum Gasteiger partial charge on any atom is -0.495 e. The van der Waals surface area contributed by atoms with E-state index in [9.17, 15) is 18.0 Å². The molecule has 0 radical (unpaired) electrons. The molecule has 0 spiro atoms. The third-order valence-corrected chi connectivity index (χ3v) is 9.30. The number of methoxy groups -OCH3 is 1. The number of sulfonamides is 1. The lowest BCUT2D eigenvalue weighted by Crippen LogP contribution is -2.53. The van der Waals surface area contributed by atoms with Crippen molar-refractivity contribution in [1.29, 1.82) is 0 Å². The molecule has 0 saturated carbocycles. The summed E-state index contributed by atoms with van der Waals surface area (Å²) in [4.78, 5) is 29.2. The molecule has 1 N–H and O–H groups in total. The van der Waals surface area contributed by atoms with Crippen LogP contribution in [0.25, 0.3) is 0 Å². The highest BCUT2D eigenvalue weighted by Gasteiger charge is 2.35. The van der Waals surface area contributed by atoms with Crippen LogP contribution in [-0.4, -0.2) is 50.9 Å². The normalized spacial score (nSPS) is 12.7. The summed E-state index contributed by atoms with van der Waals surface area (Å²) in [6.45, 7) is 9.04. The van der Waals surface area contributed by atoms with E-state index >= 15 is 0 Å². The second kappa shape index (κ2) is 14.6. The number of halogens is 1. The average Bonchev–Trinajstić information content (AvgIpc) is 2.96. The maximum Gasteiger partial charge on any atom is 0.264 e. The highest BCUT2D eigenvalue weighted by molar-refractivity contribution is 7.92. The number of rotatable bonds is 13. The molecule has 2 amide bonds. The van der Waals surface area contributed by atoms with E-state index < -0.39 is 28.5 Å². The summed E-state index contributed by atoms with van der Waals surface area (Å²) >= 11 is 6.31. The second-order valence-corrected chi connectivity index (χ2v) is 12.6. The number of hydrogen-bond donors (Lipinski definition) is 1. The molecule has 0 heterocycles. The molecule has 226 valence electrons. The van der Waals surface area contributed by atoms with Gasteiger partial charge >= 0.3 is 0 Å². The zero-order valence-electron chi connectivity index (χ0n) is 25.1. The molecule has 8 nitrogen and oxygen atoms in total. The van der Waals surface area contributed by atoms with Gasteiger partial charge in [-0.05, 0) is 75.1 Å². The summed E-state index contributed by atoms with van der Waals surface area (Å²) in [6, 6.07) is 17.7. The van der Waals surface area contributed by atoms with E-state index in [1.165, 1.54) is 30.2 Å². The quantitative estimate of drug-likeness (QED) is 0.260. The first kappa shape index (κ1) is 32.9. The summed E-state index contributed by atoms with van der Waals surface area (Å²) in [7, 11) is -2.84. The van der Waals surface area contributed by atoms with Crippen LogP contribution in [0.15, 0.2) is 71.6 Å². The molecule has 3 aromatic carbocycles. The molecule has 3 aromatic rings. The van der Waals surface area contributed by atoms with E-state index in [1.807, 2.05) is 58.9 Å². The maximum absolute atomic E-state index is 14.3. The molecule has 42 heavy (non-hydrogen) atoms. The molecule has 0 aliphatic carbocycles. The van der Waals surface area contributed by atoms with Crippen molar-refractivity contribution < 1.29 is 22.7 Å². The number of carbonyl (C=O) groups excluding carboxylic acids is 2. The van der Waals surface area contributed by atoms with Gasteiger partial charge in [0.15, 0.2) is 0 Å². The first-order valence-electron chi connectivity index (χ1n) is 14.0. The maximum atomic E-state index is 14.3. The van der Waals surface area contributed by atoms with Gasteiger partial charge in [-0.3, -0.25) is 13.9 Å². The predicted molar refractivity (Wildman–Crippen MR) is 167 cm³/mol. The molecular weight excluding hydrogens is 574 g/mol. The Kier molecular flexibility index (Phi) is 11.4. The molecule has 0 saturated heterocycles. The van der Waals surface area contributed by atoms with Crippen LogP contribution in [0.1, 0.15) is 50.3 Å². The Morgan fingerprint density at radius 2 is 1.64 bits per heavy atom. The first-order valence-corrected chi connectivity index (χ1v) is 15.8. The van der Waals surface area contributed by atoms with E-state index in [0.717, 1.165) is 27.4 Å². The fourth-order valence-corrected chi connectivity index (χ4v) is 6.12. The van der Waals surface area contributed by atoms with Crippen molar-refractivity contribution in [3.8, 4) is 5.75 Å². The third-order valence-electron chi connectivity index (χ3n) is 7.29. The number of nitrogens with zero attached hydrogens (tertiary/aromatic N) is 2. The van der Waals surface area contributed by atoms with Crippen LogP contribution in [0, 0.1) is 13.8 Å². The number of benzene rings is 3. The zero-order valence-corrected chi connectivity index (χ0v) is 26.6. The average molecular weight is 614 g/mol. The SMILES string of the molecule is CC[C@@H](C)NC(=O)[C@H](CC)N(Cc1ccccc1C)C(=O)CN(c1cc(Cl)ccc1OC)S(=O)(=O)c1ccc(C)cc1. The van der Waals surface area contributed by atoms with Crippen molar-refractivity contribution >= 4 is 39.1 Å². The number of hydrogen-bond acceptors (Lipinski definition) is 5. The number of amides is 2. The van der Waals surface area contributed by atoms with Crippen molar-refractivity contribution in [3.63, 3.8) is 0 Å². The smallest absolute Gasteiger partial charge is 0.264 e.